The minimum Gasteiger partial charge on any atom is -0.355 e. The van der Waals surface area contributed by atoms with Crippen LogP contribution in [0.4, 0.5) is 5.69 Å². The van der Waals surface area contributed by atoms with Crippen LogP contribution in [0, 0.1) is 6.92 Å². The van der Waals surface area contributed by atoms with Gasteiger partial charge in [-0.25, -0.2) is 4.90 Å². The molecule has 0 aliphatic carbocycles. The predicted octanol–water partition coefficient (Wildman–Crippen LogP) is 3.45. The molecule has 2 aromatic carbocycles. The van der Waals surface area contributed by atoms with Crippen molar-refractivity contribution in [3.8, 4) is 0 Å². The van der Waals surface area contributed by atoms with E-state index in [2.05, 4.69) is 5.32 Å². The van der Waals surface area contributed by atoms with E-state index in [9.17, 15) is 14.4 Å². The van der Waals surface area contributed by atoms with Crippen LogP contribution in [0.2, 0.25) is 0 Å². The maximum Gasteiger partial charge on any atom is 0.266 e. The quantitative estimate of drug-likeness (QED) is 0.844. The van der Waals surface area contributed by atoms with Crippen LogP contribution in [-0.2, 0) is 5.41 Å². The number of hydrogen-bond donors (Lipinski definition) is 1. The molecule has 1 aliphatic heterocycles. The van der Waals surface area contributed by atoms with E-state index in [0.29, 0.717) is 5.69 Å². The average molecular weight is 350 g/mol. The van der Waals surface area contributed by atoms with Gasteiger partial charge in [-0.15, -0.1) is 0 Å². The van der Waals surface area contributed by atoms with Gasteiger partial charge in [0.1, 0.15) is 0 Å². The molecule has 0 saturated heterocycles. The second-order valence-corrected chi connectivity index (χ2v) is 7.47. The van der Waals surface area contributed by atoms with Gasteiger partial charge in [-0.2, -0.15) is 0 Å². The van der Waals surface area contributed by atoms with Gasteiger partial charge in [-0.05, 0) is 35.6 Å². The highest BCUT2D eigenvalue weighted by Gasteiger charge is 2.41. The van der Waals surface area contributed by atoms with Gasteiger partial charge in [-0.1, -0.05) is 45.0 Å². The van der Waals surface area contributed by atoms with Crippen molar-refractivity contribution < 1.29 is 14.4 Å². The van der Waals surface area contributed by atoms with Gasteiger partial charge < -0.3 is 5.32 Å². The molecule has 1 heterocycles. The highest BCUT2D eigenvalue weighted by molar-refractivity contribution is 6.36. The molecule has 0 spiro atoms. The highest BCUT2D eigenvalue weighted by Crippen LogP contribution is 2.39. The number of amides is 3. The summed E-state index contributed by atoms with van der Waals surface area (Å²) < 4.78 is 0. The molecule has 2 aromatic rings. The van der Waals surface area contributed by atoms with Gasteiger partial charge in [-0.3, -0.25) is 14.4 Å². The zero-order valence-electron chi connectivity index (χ0n) is 15.6. The van der Waals surface area contributed by atoms with Gasteiger partial charge in [0.05, 0.1) is 22.4 Å². The summed E-state index contributed by atoms with van der Waals surface area (Å²) in [4.78, 5) is 39.7. The third-order valence-electron chi connectivity index (χ3n) is 4.66. The molecule has 134 valence electrons. The fourth-order valence-electron chi connectivity index (χ4n) is 3.37. The first kappa shape index (κ1) is 17.9. The third kappa shape index (κ3) is 2.60. The fourth-order valence-corrected chi connectivity index (χ4v) is 3.37. The van der Waals surface area contributed by atoms with Gasteiger partial charge in [0.25, 0.3) is 17.7 Å². The lowest BCUT2D eigenvalue weighted by molar-refractivity contribution is 0.0912. The minimum atomic E-state index is -0.455. The molecule has 0 bridgehead atoms. The van der Waals surface area contributed by atoms with Crippen LogP contribution in [-0.4, -0.2) is 24.8 Å². The molecule has 1 N–H and O–H groups in total. The third-order valence-corrected chi connectivity index (χ3v) is 4.66. The van der Waals surface area contributed by atoms with Gasteiger partial charge in [0.2, 0.25) is 0 Å². The van der Waals surface area contributed by atoms with E-state index in [-0.39, 0.29) is 28.0 Å². The molecule has 3 rings (SSSR count). The molecule has 5 nitrogen and oxygen atoms in total. The molecule has 1 aliphatic rings. The first-order valence-corrected chi connectivity index (χ1v) is 8.52. The summed E-state index contributed by atoms with van der Waals surface area (Å²) in [6.45, 7) is 8.01. The van der Waals surface area contributed by atoms with Crippen molar-refractivity contribution in [3.05, 3.63) is 64.2 Å². The SMILES string of the molecule is CNC(=O)c1cccc2c1C(=O)N(c1c(C)cccc1C(C)(C)C)C2=O. The van der Waals surface area contributed by atoms with Gasteiger partial charge in [0, 0.05) is 7.05 Å². The number of fused-ring (bicyclic) bond motifs is 1. The number of benzene rings is 2. The molecular formula is C21H22N2O3. The molecule has 0 saturated carbocycles. The van der Waals surface area contributed by atoms with E-state index in [4.69, 9.17) is 0 Å². The van der Waals surface area contributed by atoms with Crippen molar-refractivity contribution in [2.45, 2.75) is 33.1 Å². The zero-order valence-corrected chi connectivity index (χ0v) is 15.6. The number of anilines is 1. The van der Waals surface area contributed by atoms with Crippen molar-refractivity contribution in [3.63, 3.8) is 0 Å². The topological polar surface area (TPSA) is 66.5 Å². The van der Waals surface area contributed by atoms with Crippen LogP contribution in [0.15, 0.2) is 36.4 Å². The van der Waals surface area contributed by atoms with E-state index in [0.717, 1.165) is 11.1 Å². The van der Waals surface area contributed by atoms with Gasteiger partial charge in [0.15, 0.2) is 0 Å². The van der Waals surface area contributed by atoms with Crippen LogP contribution >= 0.6 is 0 Å². The predicted molar refractivity (Wildman–Crippen MR) is 101 cm³/mol. The number of carbonyl (C=O) groups excluding carboxylic acids is 3. The second kappa shape index (κ2) is 6.09. The normalized spacial score (nSPS) is 13.8. The molecule has 26 heavy (non-hydrogen) atoms. The van der Waals surface area contributed by atoms with Gasteiger partial charge >= 0.3 is 0 Å². The van der Waals surface area contributed by atoms with Crippen molar-refractivity contribution in [2.24, 2.45) is 0 Å². The number of imide groups is 1. The average Bonchev–Trinajstić information content (AvgIpc) is 2.84. The molecule has 0 atom stereocenters. The molecule has 5 heteroatoms. The summed E-state index contributed by atoms with van der Waals surface area (Å²) in [6.07, 6.45) is 0. The maximum absolute atomic E-state index is 13.2. The van der Waals surface area contributed by atoms with Crippen molar-refractivity contribution in [1.29, 1.82) is 0 Å². The summed E-state index contributed by atoms with van der Waals surface area (Å²) in [5, 5.41) is 2.53. The molecule has 0 radical (unpaired) electrons. The monoisotopic (exact) mass is 350 g/mol. The lowest BCUT2D eigenvalue weighted by atomic mass is 9.84. The summed E-state index contributed by atoms with van der Waals surface area (Å²) in [5.41, 5.74) is 2.76. The lowest BCUT2D eigenvalue weighted by Gasteiger charge is -2.28. The van der Waals surface area contributed by atoms with Crippen LogP contribution in [0.3, 0.4) is 0 Å². The smallest absolute Gasteiger partial charge is 0.266 e. The minimum absolute atomic E-state index is 0.167. The first-order chi connectivity index (χ1) is 12.2. The zero-order chi connectivity index (χ0) is 19.2. The number of para-hydroxylation sites is 1. The summed E-state index contributed by atoms with van der Waals surface area (Å²) in [7, 11) is 1.50. The Hall–Kier alpha value is -2.95. The Morgan fingerprint density at radius 2 is 1.65 bits per heavy atom. The molecular weight excluding hydrogens is 328 g/mol. The van der Waals surface area contributed by atoms with Crippen molar-refractivity contribution in [2.75, 3.05) is 11.9 Å². The van der Waals surface area contributed by atoms with Crippen LogP contribution in [0.25, 0.3) is 0 Å². The van der Waals surface area contributed by atoms with E-state index in [1.807, 2.05) is 45.9 Å². The van der Waals surface area contributed by atoms with Crippen LogP contribution in [0.5, 0.6) is 0 Å². The number of aryl methyl sites for hydroxylation is 1. The summed E-state index contributed by atoms with van der Waals surface area (Å²) >= 11 is 0. The summed E-state index contributed by atoms with van der Waals surface area (Å²) in [6, 6.07) is 10.5. The molecule has 0 aromatic heterocycles. The Bertz CT molecular complexity index is 939. The number of rotatable bonds is 2. The Balaban J connectivity index is 2.24. The van der Waals surface area contributed by atoms with Crippen molar-refractivity contribution >= 4 is 23.4 Å². The number of nitrogens with one attached hydrogen (secondary N) is 1. The number of carbonyl (C=O) groups is 3. The standard InChI is InChI=1S/C21H22N2O3/c1-12-8-6-11-15(21(2,3)4)17(12)23-19(25)14-10-7-9-13(18(24)22-5)16(14)20(23)26/h6-11H,1-5H3,(H,22,24). The second-order valence-electron chi connectivity index (χ2n) is 7.47. The number of nitrogens with zero attached hydrogens (tertiary/aromatic N) is 1. The van der Waals surface area contributed by atoms with E-state index >= 15 is 0 Å². The molecule has 3 amide bonds. The molecule has 0 fully saturated rings. The Labute approximate surface area is 153 Å². The van der Waals surface area contributed by atoms with Crippen LogP contribution in [0.1, 0.15) is 63.0 Å². The Morgan fingerprint density at radius 1 is 1.00 bits per heavy atom. The van der Waals surface area contributed by atoms with Crippen molar-refractivity contribution in [1.82, 2.24) is 5.32 Å². The first-order valence-electron chi connectivity index (χ1n) is 8.52. The van der Waals surface area contributed by atoms with E-state index in [1.165, 1.54) is 11.9 Å². The fraction of sp³-hybridized carbons (Fsp3) is 0.286. The maximum atomic E-state index is 13.2. The highest BCUT2D eigenvalue weighted by atomic mass is 16.2. The van der Waals surface area contributed by atoms with Crippen LogP contribution < -0.4 is 10.2 Å². The number of hydrogen-bond acceptors (Lipinski definition) is 3. The largest absolute Gasteiger partial charge is 0.355 e. The Kier molecular flexibility index (Phi) is 4.18. The Morgan fingerprint density at radius 3 is 2.27 bits per heavy atom. The van der Waals surface area contributed by atoms with E-state index < -0.39 is 11.8 Å². The molecule has 0 unspecified atom stereocenters. The lowest BCUT2D eigenvalue weighted by Crippen LogP contribution is -2.33. The van der Waals surface area contributed by atoms with E-state index in [1.54, 1.807) is 18.2 Å². The summed E-state index contributed by atoms with van der Waals surface area (Å²) in [5.74, 6) is -1.23.